The Morgan fingerprint density at radius 3 is 2.85 bits per heavy atom. The van der Waals surface area contributed by atoms with Gasteiger partial charge in [0, 0.05) is 12.5 Å². The van der Waals surface area contributed by atoms with E-state index < -0.39 is 0 Å². The second kappa shape index (κ2) is 3.98. The molecule has 0 aromatic heterocycles. The molecular formula is C12H19N. The van der Waals surface area contributed by atoms with Crippen LogP contribution < -0.4 is 5.73 Å². The van der Waals surface area contributed by atoms with Crippen molar-refractivity contribution in [2.45, 2.75) is 46.1 Å². The minimum Gasteiger partial charge on any atom is -0.324 e. The molecule has 1 aliphatic carbocycles. The summed E-state index contributed by atoms with van der Waals surface area (Å²) in [6.45, 7) is 6.44. The molecule has 0 radical (unpaired) electrons. The minimum atomic E-state index is 0.234. The summed E-state index contributed by atoms with van der Waals surface area (Å²) in [6.07, 6.45) is 5.33. The monoisotopic (exact) mass is 177 g/mol. The van der Waals surface area contributed by atoms with Gasteiger partial charge in [-0.1, -0.05) is 31.4 Å². The molecule has 0 heterocycles. The van der Waals surface area contributed by atoms with E-state index in [-0.39, 0.29) is 6.04 Å². The van der Waals surface area contributed by atoms with Gasteiger partial charge in [-0.15, -0.1) is 5.92 Å². The van der Waals surface area contributed by atoms with Gasteiger partial charge in [-0.3, -0.25) is 0 Å². The van der Waals surface area contributed by atoms with Crippen molar-refractivity contribution >= 4 is 0 Å². The van der Waals surface area contributed by atoms with E-state index in [1.165, 1.54) is 5.57 Å². The third-order valence-corrected chi connectivity index (χ3v) is 2.44. The maximum absolute atomic E-state index is 5.95. The second-order valence-corrected chi connectivity index (χ2v) is 4.64. The fourth-order valence-electron chi connectivity index (χ4n) is 2.07. The number of nitrogens with two attached hydrogens (primary N) is 1. The third-order valence-electron chi connectivity index (χ3n) is 2.44. The van der Waals surface area contributed by atoms with Crippen molar-refractivity contribution in [1.82, 2.24) is 0 Å². The van der Waals surface area contributed by atoms with Gasteiger partial charge in [-0.25, -0.2) is 0 Å². The highest BCUT2D eigenvalue weighted by atomic mass is 14.6. The van der Waals surface area contributed by atoms with Crippen molar-refractivity contribution in [3.63, 3.8) is 0 Å². The van der Waals surface area contributed by atoms with E-state index in [9.17, 15) is 0 Å². The zero-order valence-electron chi connectivity index (χ0n) is 8.85. The van der Waals surface area contributed by atoms with Gasteiger partial charge in [0.2, 0.25) is 0 Å². The van der Waals surface area contributed by atoms with Crippen LogP contribution in [0.15, 0.2) is 11.6 Å². The van der Waals surface area contributed by atoms with Crippen LogP contribution in [0.2, 0.25) is 0 Å². The lowest BCUT2D eigenvalue weighted by molar-refractivity contribution is 0.300. The zero-order valence-corrected chi connectivity index (χ0v) is 8.85. The molecule has 1 heteroatoms. The molecule has 0 spiro atoms. The fraction of sp³-hybridized carbons (Fsp3) is 0.667. The van der Waals surface area contributed by atoms with Crippen molar-refractivity contribution in [2.24, 2.45) is 11.1 Å². The predicted molar refractivity (Wildman–Crippen MR) is 57.1 cm³/mol. The first kappa shape index (κ1) is 10.3. The van der Waals surface area contributed by atoms with E-state index in [2.05, 4.69) is 31.8 Å². The first-order valence-electron chi connectivity index (χ1n) is 4.88. The van der Waals surface area contributed by atoms with Gasteiger partial charge in [0.15, 0.2) is 0 Å². The molecule has 1 nitrogen and oxygen atoms in total. The Bertz CT molecular complexity index is 263. The first-order chi connectivity index (χ1) is 6.03. The third kappa shape index (κ3) is 3.24. The SMILES string of the molecule is CC#CCC1=CC(N)CC(C)(C)C1. The molecular weight excluding hydrogens is 158 g/mol. The Kier molecular flexibility index (Phi) is 3.17. The van der Waals surface area contributed by atoms with E-state index in [0.29, 0.717) is 5.41 Å². The Morgan fingerprint density at radius 1 is 1.62 bits per heavy atom. The molecule has 0 fully saturated rings. The van der Waals surface area contributed by atoms with Crippen LogP contribution in [0.25, 0.3) is 0 Å². The molecule has 0 amide bonds. The molecule has 1 unspecified atom stereocenters. The molecule has 0 saturated heterocycles. The van der Waals surface area contributed by atoms with Gasteiger partial charge in [0.25, 0.3) is 0 Å². The molecule has 2 N–H and O–H groups in total. The molecule has 0 aliphatic heterocycles. The molecule has 1 aliphatic rings. The highest BCUT2D eigenvalue weighted by Gasteiger charge is 2.26. The molecule has 72 valence electrons. The van der Waals surface area contributed by atoms with Crippen LogP contribution in [0.5, 0.6) is 0 Å². The molecule has 0 aromatic rings. The summed E-state index contributed by atoms with van der Waals surface area (Å²) < 4.78 is 0. The lowest BCUT2D eigenvalue weighted by Crippen LogP contribution is -2.30. The normalized spacial score (nSPS) is 25.8. The smallest absolute Gasteiger partial charge is 0.0299 e. The van der Waals surface area contributed by atoms with Crippen molar-refractivity contribution < 1.29 is 0 Å². The predicted octanol–water partition coefficient (Wildman–Crippen LogP) is 2.47. The Hall–Kier alpha value is -0.740. The van der Waals surface area contributed by atoms with Crippen LogP contribution in [0.1, 0.15) is 40.0 Å². The quantitative estimate of drug-likeness (QED) is 0.483. The summed E-state index contributed by atoms with van der Waals surface area (Å²) in [5.41, 5.74) is 7.72. The lowest BCUT2D eigenvalue weighted by Gasteiger charge is -2.32. The summed E-state index contributed by atoms with van der Waals surface area (Å²) >= 11 is 0. The molecule has 0 saturated carbocycles. The second-order valence-electron chi connectivity index (χ2n) is 4.64. The van der Waals surface area contributed by atoms with Gasteiger partial charge < -0.3 is 5.73 Å². The van der Waals surface area contributed by atoms with Crippen LogP contribution in [-0.2, 0) is 0 Å². The Morgan fingerprint density at radius 2 is 2.31 bits per heavy atom. The van der Waals surface area contributed by atoms with Gasteiger partial charge >= 0.3 is 0 Å². The fourth-order valence-corrected chi connectivity index (χ4v) is 2.07. The number of allylic oxidation sites excluding steroid dienone is 1. The zero-order chi connectivity index (χ0) is 9.90. The van der Waals surface area contributed by atoms with Gasteiger partial charge in [-0.2, -0.15) is 0 Å². The van der Waals surface area contributed by atoms with E-state index in [1.54, 1.807) is 0 Å². The maximum Gasteiger partial charge on any atom is 0.0299 e. The van der Waals surface area contributed by atoms with Crippen LogP contribution in [0.3, 0.4) is 0 Å². The van der Waals surface area contributed by atoms with Crippen LogP contribution in [-0.4, -0.2) is 6.04 Å². The summed E-state index contributed by atoms with van der Waals surface area (Å²) in [5, 5.41) is 0. The van der Waals surface area contributed by atoms with E-state index in [1.807, 2.05) is 6.92 Å². The average Bonchev–Trinajstić information content (AvgIpc) is 1.97. The van der Waals surface area contributed by atoms with Crippen molar-refractivity contribution in [2.75, 3.05) is 0 Å². The van der Waals surface area contributed by atoms with Gasteiger partial charge in [0.1, 0.15) is 0 Å². The van der Waals surface area contributed by atoms with Crippen molar-refractivity contribution in [3.8, 4) is 11.8 Å². The number of hydrogen-bond donors (Lipinski definition) is 1. The van der Waals surface area contributed by atoms with E-state index in [4.69, 9.17) is 5.73 Å². The number of hydrogen-bond acceptors (Lipinski definition) is 1. The molecule has 1 rings (SSSR count). The highest BCUT2D eigenvalue weighted by molar-refractivity contribution is 5.19. The topological polar surface area (TPSA) is 26.0 Å². The van der Waals surface area contributed by atoms with Crippen molar-refractivity contribution in [1.29, 1.82) is 0 Å². The van der Waals surface area contributed by atoms with E-state index in [0.717, 1.165) is 19.3 Å². The summed E-state index contributed by atoms with van der Waals surface area (Å²) in [4.78, 5) is 0. The maximum atomic E-state index is 5.95. The first-order valence-corrected chi connectivity index (χ1v) is 4.88. The molecule has 0 bridgehead atoms. The minimum absolute atomic E-state index is 0.234. The average molecular weight is 177 g/mol. The largest absolute Gasteiger partial charge is 0.324 e. The van der Waals surface area contributed by atoms with Crippen LogP contribution in [0.4, 0.5) is 0 Å². The number of rotatable bonds is 1. The van der Waals surface area contributed by atoms with Gasteiger partial charge in [0.05, 0.1) is 0 Å². The van der Waals surface area contributed by atoms with Crippen LogP contribution in [0, 0.1) is 17.3 Å². The molecule has 1 atom stereocenters. The van der Waals surface area contributed by atoms with Crippen molar-refractivity contribution in [3.05, 3.63) is 11.6 Å². The summed E-state index contributed by atoms with van der Waals surface area (Å²) in [6, 6.07) is 0.234. The standard InChI is InChI=1S/C12H19N/c1-4-5-6-10-7-11(13)9-12(2,3)8-10/h7,11H,6,8-9,13H2,1-3H3. The van der Waals surface area contributed by atoms with Crippen LogP contribution >= 0.6 is 0 Å². The Balaban J connectivity index is 2.67. The summed E-state index contributed by atoms with van der Waals surface area (Å²) in [5.74, 6) is 6.03. The molecule has 0 aromatic carbocycles. The Labute approximate surface area is 81.4 Å². The lowest BCUT2D eigenvalue weighted by atomic mass is 9.75. The highest BCUT2D eigenvalue weighted by Crippen LogP contribution is 2.35. The summed E-state index contributed by atoms with van der Waals surface area (Å²) in [7, 11) is 0. The molecule has 13 heavy (non-hydrogen) atoms. The van der Waals surface area contributed by atoms with E-state index >= 15 is 0 Å². The van der Waals surface area contributed by atoms with Gasteiger partial charge in [-0.05, 0) is 25.2 Å².